The molecule has 0 bridgehead atoms. The fraction of sp³-hybridized carbons (Fsp3) is 0.323. The van der Waals surface area contributed by atoms with Crippen molar-refractivity contribution in [2.45, 2.75) is 44.9 Å². The van der Waals surface area contributed by atoms with Crippen LogP contribution in [0.15, 0.2) is 67.3 Å². The van der Waals surface area contributed by atoms with Crippen molar-refractivity contribution in [3.63, 3.8) is 0 Å². The second-order valence-corrected chi connectivity index (χ2v) is 10.7. The summed E-state index contributed by atoms with van der Waals surface area (Å²) in [4.78, 5) is 25.2. The fourth-order valence-electron chi connectivity index (χ4n) is 5.48. The van der Waals surface area contributed by atoms with Gasteiger partial charge in [0.15, 0.2) is 5.82 Å². The average molecular weight is 592 g/mol. The molecule has 1 aliphatic heterocycles. The molecule has 1 fully saturated rings. The Bertz CT molecular complexity index is 1710. The molecule has 6 rings (SSSR count). The number of imidazole rings is 1. The van der Waals surface area contributed by atoms with E-state index in [2.05, 4.69) is 74.9 Å². The Hall–Kier alpha value is -4.58. The van der Waals surface area contributed by atoms with Gasteiger partial charge in [0, 0.05) is 56.5 Å². The highest BCUT2D eigenvalue weighted by molar-refractivity contribution is 5.93. The van der Waals surface area contributed by atoms with Gasteiger partial charge >= 0.3 is 12.1 Å². The van der Waals surface area contributed by atoms with Crippen LogP contribution >= 0.6 is 0 Å². The lowest BCUT2D eigenvalue weighted by atomic mass is 10.0. The summed E-state index contributed by atoms with van der Waals surface area (Å²) in [7, 11) is 4.02. The number of carbonyl (C=O) groups is 1. The van der Waals surface area contributed by atoms with Crippen LogP contribution in [-0.2, 0) is 31.9 Å². The SMILES string of the molecule is Cc1cc(-c2nc3cncc(-c4cccc(CN5CCCC5Cc5cccnc5)c4)c3n2C)nn1C.O=C(O)C(F)(F)F. The standard InChI is InChI=1S/C29H31N7.C2HF3O2/c1-20-13-26(33-35(20)3)29-32-27-18-31-17-25(28(27)34(29)2)23-9-4-7-22(14-23)19-36-12-6-10-24(36)15-21-8-5-11-30-16-21;3-2(4,5)1(6)7/h4-5,7-9,11,13-14,16-18,24H,6,10,12,15,19H2,1-3H3;(H,6,7). The van der Waals surface area contributed by atoms with Crippen molar-refractivity contribution in [1.82, 2.24) is 34.2 Å². The number of benzene rings is 1. The van der Waals surface area contributed by atoms with E-state index in [1.165, 1.54) is 29.5 Å². The number of carboxylic acid groups (broad SMARTS) is 1. The summed E-state index contributed by atoms with van der Waals surface area (Å²) >= 11 is 0. The number of hydrogen-bond acceptors (Lipinski definition) is 6. The molecule has 43 heavy (non-hydrogen) atoms. The van der Waals surface area contributed by atoms with Crippen LogP contribution in [-0.4, -0.2) is 64.0 Å². The highest BCUT2D eigenvalue weighted by atomic mass is 19.4. The number of rotatable bonds is 6. The fourth-order valence-corrected chi connectivity index (χ4v) is 5.48. The van der Waals surface area contributed by atoms with Crippen molar-refractivity contribution in [2.24, 2.45) is 14.1 Å². The molecule has 1 aliphatic rings. The lowest BCUT2D eigenvalue weighted by Gasteiger charge is -2.25. The summed E-state index contributed by atoms with van der Waals surface area (Å²) in [6, 6.07) is 15.7. The Morgan fingerprint density at radius 1 is 1.05 bits per heavy atom. The molecule has 1 N–H and O–H groups in total. The zero-order valence-electron chi connectivity index (χ0n) is 24.1. The number of aromatic nitrogens is 6. The van der Waals surface area contributed by atoms with Crippen LogP contribution in [0.3, 0.4) is 0 Å². The molecule has 1 unspecified atom stereocenters. The minimum atomic E-state index is -5.08. The predicted molar refractivity (Wildman–Crippen MR) is 156 cm³/mol. The summed E-state index contributed by atoms with van der Waals surface area (Å²) in [6.07, 6.45) is 6.11. The smallest absolute Gasteiger partial charge is 0.475 e. The van der Waals surface area contributed by atoms with Gasteiger partial charge in [-0.2, -0.15) is 18.3 Å². The molecule has 5 aromatic rings. The van der Waals surface area contributed by atoms with E-state index >= 15 is 0 Å². The van der Waals surface area contributed by atoms with Gasteiger partial charge in [0.05, 0.1) is 11.7 Å². The van der Waals surface area contributed by atoms with Crippen LogP contribution < -0.4 is 0 Å². The molecular weight excluding hydrogens is 559 g/mol. The summed E-state index contributed by atoms with van der Waals surface area (Å²) in [5, 5.41) is 11.8. The number of pyridine rings is 2. The number of nitrogens with zero attached hydrogens (tertiary/aromatic N) is 7. The predicted octanol–water partition coefficient (Wildman–Crippen LogP) is 5.58. The Morgan fingerprint density at radius 3 is 2.49 bits per heavy atom. The van der Waals surface area contributed by atoms with Gasteiger partial charge in [0.25, 0.3) is 0 Å². The number of alkyl halides is 3. The average Bonchev–Trinajstić information content (AvgIpc) is 3.66. The number of carboxylic acids is 1. The first-order valence-electron chi connectivity index (χ1n) is 13.8. The molecule has 1 atom stereocenters. The van der Waals surface area contributed by atoms with E-state index in [1.54, 1.807) is 0 Å². The lowest BCUT2D eigenvalue weighted by Crippen LogP contribution is -2.30. The molecule has 0 saturated carbocycles. The molecular formula is C31H32F3N7O2. The molecule has 1 saturated heterocycles. The van der Waals surface area contributed by atoms with Gasteiger partial charge in [-0.25, -0.2) is 9.78 Å². The molecule has 4 aromatic heterocycles. The number of aryl methyl sites for hydroxylation is 3. The maximum atomic E-state index is 10.6. The van der Waals surface area contributed by atoms with E-state index in [0.717, 1.165) is 53.3 Å². The zero-order chi connectivity index (χ0) is 30.7. The molecule has 5 heterocycles. The van der Waals surface area contributed by atoms with Crippen molar-refractivity contribution >= 4 is 17.0 Å². The summed E-state index contributed by atoms with van der Waals surface area (Å²) in [6.45, 7) is 4.15. The van der Waals surface area contributed by atoms with Crippen molar-refractivity contribution in [3.05, 3.63) is 84.1 Å². The maximum Gasteiger partial charge on any atom is 0.490 e. The largest absolute Gasteiger partial charge is 0.490 e. The monoisotopic (exact) mass is 591 g/mol. The van der Waals surface area contributed by atoms with Crippen LogP contribution in [0.5, 0.6) is 0 Å². The number of fused-ring (bicyclic) bond motifs is 1. The zero-order valence-corrected chi connectivity index (χ0v) is 24.1. The third kappa shape index (κ3) is 6.75. The first-order valence-corrected chi connectivity index (χ1v) is 13.8. The summed E-state index contributed by atoms with van der Waals surface area (Å²) in [5.41, 5.74) is 8.85. The Balaban J connectivity index is 0.000000472. The minimum Gasteiger partial charge on any atom is -0.475 e. The van der Waals surface area contributed by atoms with Gasteiger partial charge in [-0.15, -0.1) is 0 Å². The van der Waals surface area contributed by atoms with E-state index in [9.17, 15) is 13.2 Å². The van der Waals surface area contributed by atoms with E-state index in [4.69, 9.17) is 14.9 Å². The molecule has 0 radical (unpaired) electrons. The minimum absolute atomic E-state index is 0.560. The lowest BCUT2D eigenvalue weighted by molar-refractivity contribution is -0.192. The van der Waals surface area contributed by atoms with Crippen LogP contribution in [0.4, 0.5) is 13.2 Å². The number of halogens is 3. The topological polar surface area (TPSA) is 102 Å². The van der Waals surface area contributed by atoms with Gasteiger partial charge in [-0.1, -0.05) is 24.3 Å². The summed E-state index contributed by atoms with van der Waals surface area (Å²) in [5.74, 6) is -1.90. The van der Waals surface area contributed by atoms with E-state index in [1.807, 2.05) is 42.6 Å². The van der Waals surface area contributed by atoms with Gasteiger partial charge in [-0.05, 0) is 67.6 Å². The van der Waals surface area contributed by atoms with Crippen molar-refractivity contribution in [1.29, 1.82) is 0 Å². The normalized spacial score (nSPS) is 15.4. The van der Waals surface area contributed by atoms with Crippen LogP contribution in [0, 0.1) is 6.92 Å². The number of aliphatic carboxylic acids is 1. The first-order chi connectivity index (χ1) is 20.5. The van der Waals surface area contributed by atoms with Gasteiger partial charge in [-0.3, -0.25) is 19.5 Å². The first kappa shape index (κ1) is 29.9. The number of hydrogen-bond donors (Lipinski definition) is 1. The third-order valence-corrected chi connectivity index (χ3v) is 7.68. The Labute approximate surface area is 246 Å². The Kier molecular flexibility index (Phi) is 8.58. The molecule has 1 aromatic carbocycles. The van der Waals surface area contributed by atoms with Gasteiger partial charge in [0.2, 0.25) is 0 Å². The van der Waals surface area contributed by atoms with Crippen molar-refractivity contribution < 1.29 is 23.1 Å². The molecule has 0 amide bonds. The number of likely N-dealkylation sites (tertiary alicyclic amines) is 1. The third-order valence-electron chi connectivity index (χ3n) is 7.68. The van der Waals surface area contributed by atoms with Crippen molar-refractivity contribution in [2.75, 3.05) is 6.54 Å². The van der Waals surface area contributed by atoms with E-state index < -0.39 is 12.1 Å². The van der Waals surface area contributed by atoms with Gasteiger partial charge < -0.3 is 9.67 Å². The quantitative estimate of drug-likeness (QED) is 0.275. The molecule has 12 heteroatoms. The Morgan fingerprint density at radius 2 is 1.81 bits per heavy atom. The molecule has 9 nitrogen and oxygen atoms in total. The van der Waals surface area contributed by atoms with E-state index in [-0.39, 0.29) is 0 Å². The van der Waals surface area contributed by atoms with Crippen LogP contribution in [0.25, 0.3) is 33.7 Å². The van der Waals surface area contributed by atoms with Crippen molar-refractivity contribution in [3.8, 4) is 22.6 Å². The second-order valence-electron chi connectivity index (χ2n) is 10.7. The molecule has 0 aliphatic carbocycles. The highest BCUT2D eigenvalue weighted by Gasteiger charge is 2.38. The highest BCUT2D eigenvalue weighted by Crippen LogP contribution is 2.32. The second kappa shape index (κ2) is 12.3. The summed E-state index contributed by atoms with van der Waals surface area (Å²) < 4.78 is 35.8. The molecule has 224 valence electrons. The van der Waals surface area contributed by atoms with Crippen LogP contribution in [0.2, 0.25) is 0 Å². The molecule has 0 spiro atoms. The van der Waals surface area contributed by atoms with E-state index in [0.29, 0.717) is 6.04 Å². The van der Waals surface area contributed by atoms with Gasteiger partial charge in [0.1, 0.15) is 11.2 Å². The maximum absolute atomic E-state index is 10.6. The van der Waals surface area contributed by atoms with Crippen LogP contribution in [0.1, 0.15) is 29.7 Å².